The van der Waals surface area contributed by atoms with E-state index in [1.807, 2.05) is 24.3 Å². The number of H-pyrrole nitrogens is 1. The largest absolute Gasteiger partial charge is 0.329 e. The summed E-state index contributed by atoms with van der Waals surface area (Å²) in [6, 6.07) is 7.35. The molecule has 0 saturated carbocycles. The first-order valence-corrected chi connectivity index (χ1v) is 7.68. The van der Waals surface area contributed by atoms with Crippen LogP contribution in [0, 0.1) is 5.92 Å². The minimum absolute atomic E-state index is 0.0931. The van der Waals surface area contributed by atoms with Crippen LogP contribution in [0.1, 0.15) is 6.42 Å². The number of hydrogen-bond donors (Lipinski definition) is 2. The van der Waals surface area contributed by atoms with E-state index in [4.69, 9.17) is 0 Å². The Balaban J connectivity index is 1.92. The van der Waals surface area contributed by atoms with Crippen molar-refractivity contribution in [2.75, 3.05) is 18.8 Å². The fourth-order valence-electron chi connectivity index (χ4n) is 2.32. The van der Waals surface area contributed by atoms with Crippen molar-refractivity contribution in [2.45, 2.75) is 11.6 Å². The van der Waals surface area contributed by atoms with E-state index in [0.29, 0.717) is 5.52 Å². The maximum atomic E-state index is 12.2. The number of nitrogens with zero attached hydrogens (tertiary/aromatic N) is 1. The molecule has 1 aromatic carbocycles. The lowest BCUT2D eigenvalue weighted by atomic mass is 10.2. The average molecular weight is 265 g/mol. The van der Waals surface area contributed by atoms with Crippen LogP contribution in [0.5, 0.6) is 0 Å². The Labute approximate surface area is 106 Å². The van der Waals surface area contributed by atoms with E-state index < -0.39 is 9.84 Å². The second-order valence-corrected chi connectivity index (χ2v) is 6.65. The van der Waals surface area contributed by atoms with E-state index in [1.54, 1.807) is 0 Å². The van der Waals surface area contributed by atoms with Gasteiger partial charge in [-0.25, -0.2) is 13.4 Å². The Bertz CT molecular complexity index is 624. The van der Waals surface area contributed by atoms with Gasteiger partial charge in [-0.05, 0) is 37.6 Å². The molecule has 0 spiro atoms. The topological polar surface area (TPSA) is 74.8 Å². The van der Waals surface area contributed by atoms with Crippen molar-refractivity contribution < 1.29 is 8.42 Å². The zero-order chi connectivity index (χ0) is 12.6. The first kappa shape index (κ1) is 11.7. The van der Waals surface area contributed by atoms with E-state index in [2.05, 4.69) is 15.3 Å². The van der Waals surface area contributed by atoms with Crippen LogP contribution < -0.4 is 5.32 Å². The van der Waals surface area contributed by atoms with Gasteiger partial charge >= 0.3 is 0 Å². The van der Waals surface area contributed by atoms with Crippen molar-refractivity contribution in [3.05, 3.63) is 24.3 Å². The van der Waals surface area contributed by atoms with Crippen LogP contribution in [-0.2, 0) is 9.84 Å². The maximum absolute atomic E-state index is 12.2. The number of sulfone groups is 1. The number of fused-ring (bicyclic) bond motifs is 1. The molecule has 2 N–H and O–H groups in total. The quantitative estimate of drug-likeness (QED) is 0.866. The number of imidazole rings is 1. The van der Waals surface area contributed by atoms with Crippen LogP contribution >= 0.6 is 0 Å². The Morgan fingerprint density at radius 1 is 1.33 bits per heavy atom. The van der Waals surface area contributed by atoms with Crippen molar-refractivity contribution in [3.63, 3.8) is 0 Å². The molecule has 0 amide bonds. The molecule has 0 unspecified atom stereocenters. The second-order valence-electron chi connectivity index (χ2n) is 4.70. The molecular formula is C12H15N3O2S. The van der Waals surface area contributed by atoms with E-state index >= 15 is 0 Å². The number of para-hydroxylation sites is 2. The number of aromatic amines is 1. The molecule has 2 aromatic rings. The standard InChI is InChI=1S/C12H15N3O2S/c16-18(17,8-9-5-6-13-7-9)12-14-10-3-1-2-4-11(10)15-12/h1-4,9,13H,5-8H2,(H,14,15)/t9-/m1/s1. The zero-order valence-electron chi connectivity index (χ0n) is 9.89. The van der Waals surface area contributed by atoms with Gasteiger partial charge in [-0.15, -0.1) is 0 Å². The highest BCUT2D eigenvalue weighted by molar-refractivity contribution is 7.91. The van der Waals surface area contributed by atoms with Crippen LogP contribution in [0.15, 0.2) is 29.4 Å². The molecule has 0 aliphatic carbocycles. The van der Waals surface area contributed by atoms with Gasteiger partial charge in [0.1, 0.15) is 0 Å². The molecular weight excluding hydrogens is 250 g/mol. The van der Waals surface area contributed by atoms with Crippen molar-refractivity contribution >= 4 is 20.9 Å². The van der Waals surface area contributed by atoms with E-state index in [0.717, 1.165) is 25.0 Å². The first-order chi connectivity index (χ1) is 8.65. The third kappa shape index (κ3) is 2.13. The van der Waals surface area contributed by atoms with E-state index in [9.17, 15) is 8.42 Å². The van der Waals surface area contributed by atoms with Crippen molar-refractivity contribution in [2.24, 2.45) is 5.92 Å². The van der Waals surface area contributed by atoms with Crippen LogP contribution in [0.3, 0.4) is 0 Å². The van der Waals surface area contributed by atoms with Crippen molar-refractivity contribution in [3.8, 4) is 0 Å². The number of benzene rings is 1. The summed E-state index contributed by atoms with van der Waals surface area (Å²) >= 11 is 0. The molecule has 0 radical (unpaired) electrons. The number of nitrogens with one attached hydrogen (secondary N) is 2. The molecule has 1 aliphatic heterocycles. The third-order valence-electron chi connectivity index (χ3n) is 3.28. The summed E-state index contributed by atoms with van der Waals surface area (Å²) in [5.74, 6) is 0.364. The molecule has 2 heterocycles. The minimum Gasteiger partial charge on any atom is -0.329 e. The van der Waals surface area contributed by atoms with Gasteiger partial charge in [0.05, 0.1) is 16.8 Å². The lowest BCUT2D eigenvalue weighted by molar-refractivity contribution is 0.564. The average Bonchev–Trinajstić information content (AvgIpc) is 2.96. The smallest absolute Gasteiger partial charge is 0.226 e. The van der Waals surface area contributed by atoms with Crippen molar-refractivity contribution in [1.82, 2.24) is 15.3 Å². The molecule has 18 heavy (non-hydrogen) atoms. The third-order valence-corrected chi connectivity index (χ3v) is 4.97. The van der Waals surface area contributed by atoms with Gasteiger partial charge in [0.25, 0.3) is 0 Å². The highest BCUT2D eigenvalue weighted by Crippen LogP contribution is 2.18. The highest BCUT2D eigenvalue weighted by Gasteiger charge is 2.26. The Morgan fingerprint density at radius 2 is 2.17 bits per heavy atom. The Kier molecular flexibility index (Phi) is 2.83. The summed E-state index contributed by atoms with van der Waals surface area (Å²) in [4.78, 5) is 7.05. The van der Waals surface area contributed by atoms with Gasteiger partial charge in [0, 0.05) is 0 Å². The van der Waals surface area contributed by atoms with E-state index in [-0.39, 0.29) is 16.8 Å². The SMILES string of the molecule is O=S(=O)(C[C@@H]1CCNC1)c1nc2ccccc2[nH]1. The Morgan fingerprint density at radius 3 is 2.89 bits per heavy atom. The molecule has 1 fully saturated rings. The molecule has 1 aromatic heterocycles. The predicted molar refractivity (Wildman–Crippen MR) is 69.1 cm³/mol. The van der Waals surface area contributed by atoms with Crippen molar-refractivity contribution in [1.29, 1.82) is 0 Å². The molecule has 3 rings (SSSR count). The molecule has 5 nitrogen and oxygen atoms in total. The summed E-state index contributed by atoms with van der Waals surface area (Å²) in [7, 11) is -3.31. The summed E-state index contributed by atoms with van der Waals surface area (Å²) in [5.41, 5.74) is 1.46. The molecule has 1 saturated heterocycles. The molecule has 1 atom stereocenters. The predicted octanol–water partition coefficient (Wildman–Crippen LogP) is 0.946. The fourth-order valence-corrected chi connectivity index (χ4v) is 3.89. The highest BCUT2D eigenvalue weighted by atomic mass is 32.2. The summed E-state index contributed by atoms with van der Waals surface area (Å²) < 4.78 is 24.5. The number of aromatic nitrogens is 2. The minimum atomic E-state index is -3.31. The van der Waals surface area contributed by atoms with Gasteiger partial charge in [-0.1, -0.05) is 12.1 Å². The summed E-state index contributed by atoms with van der Waals surface area (Å²) in [5, 5.41) is 3.27. The van der Waals surface area contributed by atoms with Crippen LogP contribution in [0.25, 0.3) is 11.0 Å². The molecule has 6 heteroatoms. The van der Waals surface area contributed by atoms with Crippen LogP contribution in [-0.4, -0.2) is 37.2 Å². The van der Waals surface area contributed by atoms with Gasteiger partial charge in [0.15, 0.2) is 0 Å². The van der Waals surface area contributed by atoms with Gasteiger partial charge in [-0.2, -0.15) is 0 Å². The van der Waals surface area contributed by atoms with Gasteiger partial charge < -0.3 is 10.3 Å². The zero-order valence-corrected chi connectivity index (χ0v) is 10.7. The normalized spacial score (nSPS) is 20.6. The first-order valence-electron chi connectivity index (χ1n) is 6.03. The molecule has 1 aliphatic rings. The maximum Gasteiger partial charge on any atom is 0.226 e. The fraction of sp³-hybridized carbons (Fsp3) is 0.417. The molecule has 96 valence electrons. The molecule has 0 bridgehead atoms. The second kappa shape index (κ2) is 4.37. The number of hydrogen-bond acceptors (Lipinski definition) is 4. The van der Waals surface area contributed by atoms with Crippen LogP contribution in [0.4, 0.5) is 0 Å². The number of rotatable bonds is 3. The Hall–Kier alpha value is -1.40. The van der Waals surface area contributed by atoms with Crippen LogP contribution in [0.2, 0.25) is 0 Å². The monoisotopic (exact) mass is 265 g/mol. The lowest BCUT2D eigenvalue weighted by Crippen LogP contribution is -2.19. The van der Waals surface area contributed by atoms with Gasteiger partial charge in [0.2, 0.25) is 15.0 Å². The van der Waals surface area contributed by atoms with E-state index in [1.165, 1.54) is 0 Å². The lowest BCUT2D eigenvalue weighted by Gasteiger charge is -2.06. The summed E-state index contributed by atoms with van der Waals surface area (Å²) in [6.07, 6.45) is 0.916. The summed E-state index contributed by atoms with van der Waals surface area (Å²) in [6.45, 7) is 1.68. The van der Waals surface area contributed by atoms with Gasteiger partial charge in [-0.3, -0.25) is 0 Å².